The van der Waals surface area contributed by atoms with Gasteiger partial charge in [0.15, 0.2) is 5.96 Å². The van der Waals surface area contributed by atoms with Gasteiger partial charge in [0, 0.05) is 24.0 Å². The average molecular weight is 281 g/mol. The molecule has 2 heterocycles. The molecule has 1 saturated heterocycles. The zero-order valence-corrected chi connectivity index (χ0v) is 12.5. The number of aromatic amines is 1. The van der Waals surface area contributed by atoms with Gasteiger partial charge >= 0.3 is 0 Å². The Kier molecular flexibility index (Phi) is 5.13. The fourth-order valence-corrected chi connectivity index (χ4v) is 3.37. The molecule has 3 N–H and O–H groups in total. The highest BCUT2D eigenvalue weighted by atomic mass is 32.2. The van der Waals surface area contributed by atoms with Crippen molar-refractivity contribution < 1.29 is 0 Å². The molecular formula is C13H23N5S. The second kappa shape index (κ2) is 6.84. The van der Waals surface area contributed by atoms with Gasteiger partial charge in [-0.3, -0.25) is 5.10 Å². The SMILES string of the molecule is CCNC(=NCc1ccn[nH]1)NCC1(C)CCCS1. The summed E-state index contributed by atoms with van der Waals surface area (Å²) >= 11 is 2.06. The van der Waals surface area contributed by atoms with Crippen molar-refractivity contribution in [3.63, 3.8) is 0 Å². The number of H-pyrrole nitrogens is 1. The Balaban J connectivity index is 1.86. The Morgan fingerprint density at radius 3 is 3.11 bits per heavy atom. The van der Waals surface area contributed by atoms with E-state index in [0.29, 0.717) is 11.3 Å². The maximum Gasteiger partial charge on any atom is 0.191 e. The number of guanidine groups is 1. The second-order valence-electron chi connectivity index (χ2n) is 5.03. The quantitative estimate of drug-likeness (QED) is 0.568. The summed E-state index contributed by atoms with van der Waals surface area (Å²) in [6.45, 7) is 6.87. The smallest absolute Gasteiger partial charge is 0.191 e. The minimum atomic E-state index is 0.351. The molecular weight excluding hydrogens is 258 g/mol. The van der Waals surface area contributed by atoms with Crippen molar-refractivity contribution in [3.05, 3.63) is 18.0 Å². The third-order valence-corrected chi connectivity index (χ3v) is 4.78. The molecule has 0 bridgehead atoms. The maximum absolute atomic E-state index is 4.56. The maximum atomic E-state index is 4.56. The molecule has 1 aliphatic rings. The first-order valence-corrected chi connectivity index (χ1v) is 7.85. The van der Waals surface area contributed by atoms with Crippen LogP contribution in [0.1, 0.15) is 32.4 Å². The van der Waals surface area contributed by atoms with Crippen molar-refractivity contribution in [2.75, 3.05) is 18.8 Å². The van der Waals surface area contributed by atoms with Gasteiger partial charge in [-0.15, -0.1) is 0 Å². The molecule has 0 radical (unpaired) electrons. The van der Waals surface area contributed by atoms with Gasteiger partial charge in [-0.25, -0.2) is 4.99 Å². The zero-order valence-electron chi connectivity index (χ0n) is 11.7. The molecule has 1 atom stereocenters. The van der Waals surface area contributed by atoms with E-state index in [2.05, 4.69) is 51.4 Å². The van der Waals surface area contributed by atoms with E-state index in [-0.39, 0.29) is 0 Å². The molecule has 0 aromatic carbocycles. The van der Waals surface area contributed by atoms with Crippen LogP contribution >= 0.6 is 11.8 Å². The molecule has 6 heteroatoms. The fraction of sp³-hybridized carbons (Fsp3) is 0.692. The molecule has 19 heavy (non-hydrogen) atoms. The molecule has 0 aliphatic carbocycles. The van der Waals surface area contributed by atoms with Crippen molar-refractivity contribution in [1.29, 1.82) is 0 Å². The van der Waals surface area contributed by atoms with Crippen LogP contribution in [0.25, 0.3) is 0 Å². The molecule has 0 spiro atoms. The van der Waals surface area contributed by atoms with Crippen molar-refractivity contribution in [2.24, 2.45) is 4.99 Å². The molecule has 1 aromatic rings. The zero-order chi connectivity index (χ0) is 13.6. The van der Waals surface area contributed by atoms with Gasteiger partial charge in [-0.05, 0) is 38.5 Å². The number of nitrogens with one attached hydrogen (secondary N) is 3. The first-order valence-electron chi connectivity index (χ1n) is 6.86. The van der Waals surface area contributed by atoms with Gasteiger partial charge in [0.1, 0.15) is 0 Å². The first kappa shape index (κ1) is 14.2. The summed E-state index contributed by atoms with van der Waals surface area (Å²) in [5.41, 5.74) is 1.03. The van der Waals surface area contributed by atoms with Crippen molar-refractivity contribution in [1.82, 2.24) is 20.8 Å². The number of hydrogen-bond acceptors (Lipinski definition) is 3. The Hall–Kier alpha value is -1.17. The summed E-state index contributed by atoms with van der Waals surface area (Å²) in [5, 5.41) is 13.6. The molecule has 0 saturated carbocycles. The summed E-state index contributed by atoms with van der Waals surface area (Å²) in [6, 6.07) is 1.95. The third kappa shape index (κ3) is 4.45. The summed E-state index contributed by atoms with van der Waals surface area (Å²) in [7, 11) is 0. The lowest BCUT2D eigenvalue weighted by atomic mass is 10.1. The highest BCUT2D eigenvalue weighted by Crippen LogP contribution is 2.36. The van der Waals surface area contributed by atoms with Crippen LogP contribution in [-0.4, -0.2) is 39.7 Å². The van der Waals surface area contributed by atoms with Crippen LogP contribution in [0.15, 0.2) is 17.3 Å². The summed E-state index contributed by atoms with van der Waals surface area (Å²) in [5.74, 6) is 2.16. The minimum Gasteiger partial charge on any atom is -0.357 e. The molecule has 5 nitrogen and oxygen atoms in total. The molecule has 1 aliphatic heterocycles. The third-order valence-electron chi connectivity index (χ3n) is 3.24. The van der Waals surface area contributed by atoms with Crippen LogP contribution in [0.5, 0.6) is 0 Å². The normalized spacial score (nSPS) is 23.6. The van der Waals surface area contributed by atoms with Gasteiger partial charge < -0.3 is 10.6 Å². The lowest BCUT2D eigenvalue weighted by Crippen LogP contribution is -2.43. The van der Waals surface area contributed by atoms with Gasteiger partial charge in [0.05, 0.1) is 12.2 Å². The van der Waals surface area contributed by atoms with Gasteiger partial charge in [0.25, 0.3) is 0 Å². The summed E-state index contributed by atoms with van der Waals surface area (Å²) in [4.78, 5) is 4.56. The molecule has 0 amide bonds. The number of thioether (sulfide) groups is 1. The van der Waals surface area contributed by atoms with Gasteiger partial charge in [-0.2, -0.15) is 16.9 Å². The van der Waals surface area contributed by atoms with Crippen LogP contribution in [0.3, 0.4) is 0 Å². The van der Waals surface area contributed by atoms with Crippen LogP contribution in [0.4, 0.5) is 0 Å². The molecule has 1 aromatic heterocycles. The van der Waals surface area contributed by atoms with Crippen molar-refractivity contribution in [3.8, 4) is 0 Å². The Morgan fingerprint density at radius 1 is 1.58 bits per heavy atom. The number of nitrogens with zero attached hydrogens (tertiary/aromatic N) is 2. The van der Waals surface area contributed by atoms with E-state index in [0.717, 1.165) is 24.7 Å². The van der Waals surface area contributed by atoms with E-state index >= 15 is 0 Å². The first-order chi connectivity index (χ1) is 9.22. The summed E-state index contributed by atoms with van der Waals surface area (Å²) < 4.78 is 0.351. The lowest BCUT2D eigenvalue weighted by Gasteiger charge is -2.24. The lowest BCUT2D eigenvalue weighted by molar-refractivity contribution is 0.584. The van der Waals surface area contributed by atoms with Crippen molar-refractivity contribution >= 4 is 17.7 Å². The van der Waals surface area contributed by atoms with Crippen LogP contribution in [0, 0.1) is 0 Å². The predicted molar refractivity (Wildman–Crippen MR) is 81.5 cm³/mol. The van der Waals surface area contributed by atoms with E-state index in [4.69, 9.17) is 0 Å². The monoisotopic (exact) mass is 281 g/mol. The van der Waals surface area contributed by atoms with Crippen LogP contribution in [0.2, 0.25) is 0 Å². The van der Waals surface area contributed by atoms with Gasteiger partial charge in [0.2, 0.25) is 0 Å². The number of aromatic nitrogens is 2. The second-order valence-corrected chi connectivity index (χ2v) is 6.72. The standard InChI is InChI=1S/C13H23N5S/c1-3-14-12(15-9-11-5-7-17-18-11)16-10-13(2)6-4-8-19-13/h5,7H,3-4,6,8-10H2,1-2H3,(H,17,18)(H2,14,15,16). The number of aliphatic imine (C=N–C) groups is 1. The largest absolute Gasteiger partial charge is 0.357 e. The van der Waals surface area contributed by atoms with Crippen LogP contribution < -0.4 is 10.6 Å². The van der Waals surface area contributed by atoms with E-state index in [1.165, 1.54) is 18.6 Å². The number of rotatable bonds is 5. The fourth-order valence-electron chi connectivity index (χ4n) is 2.13. The predicted octanol–water partition coefficient (Wildman–Crippen LogP) is 1.75. The molecule has 106 valence electrons. The highest BCUT2D eigenvalue weighted by molar-refractivity contribution is 8.00. The van der Waals surface area contributed by atoms with E-state index in [9.17, 15) is 0 Å². The van der Waals surface area contributed by atoms with Gasteiger partial charge in [-0.1, -0.05) is 0 Å². The summed E-state index contributed by atoms with van der Waals surface area (Å²) in [6.07, 6.45) is 4.36. The van der Waals surface area contributed by atoms with Crippen LogP contribution in [-0.2, 0) is 6.54 Å². The van der Waals surface area contributed by atoms with E-state index in [1.54, 1.807) is 6.20 Å². The average Bonchev–Trinajstić information content (AvgIpc) is 3.05. The van der Waals surface area contributed by atoms with E-state index in [1.807, 2.05) is 6.07 Å². The Morgan fingerprint density at radius 2 is 2.47 bits per heavy atom. The number of hydrogen-bond donors (Lipinski definition) is 3. The molecule has 1 fully saturated rings. The highest BCUT2D eigenvalue weighted by Gasteiger charge is 2.29. The Labute approximate surface area is 119 Å². The molecule has 2 rings (SSSR count). The topological polar surface area (TPSA) is 65.1 Å². The molecule has 1 unspecified atom stereocenters. The van der Waals surface area contributed by atoms with Crippen molar-refractivity contribution in [2.45, 2.75) is 38.0 Å². The minimum absolute atomic E-state index is 0.351. The van der Waals surface area contributed by atoms with E-state index < -0.39 is 0 Å². The Bertz CT molecular complexity index is 395.